The van der Waals surface area contributed by atoms with E-state index in [4.69, 9.17) is 5.11 Å². The first kappa shape index (κ1) is 11.6. The van der Waals surface area contributed by atoms with Gasteiger partial charge in [-0.15, -0.1) is 11.8 Å². The van der Waals surface area contributed by atoms with Crippen molar-refractivity contribution in [2.45, 2.75) is 37.3 Å². The minimum absolute atomic E-state index is 0.0955. The molecule has 1 N–H and O–H groups in total. The van der Waals surface area contributed by atoms with Crippen molar-refractivity contribution in [2.24, 2.45) is 0 Å². The Morgan fingerprint density at radius 2 is 1.86 bits per heavy atom. The summed E-state index contributed by atoms with van der Waals surface area (Å²) in [5, 5.41) is 9.16. The molecule has 0 atom stereocenters. The van der Waals surface area contributed by atoms with Crippen LogP contribution in [0.5, 0.6) is 0 Å². The lowest BCUT2D eigenvalue weighted by Gasteiger charge is -2.21. The van der Waals surface area contributed by atoms with Gasteiger partial charge in [0.25, 0.3) is 0 Å². The fourth-order valence-corrected chi connectivity index (χ4v) is 2.20. The molecule has 0 saturated carbocycles. The largest absolute Gasteiger partial charge is 0.395 e. The molecule has 0 saturated heterocycles. The van der Waals surface area contributed by atoms with Crippen LogP contribution in [0.25, 0.3) is 0 Å². The van der Waals surface area contributed by atoms with E-state index in [-0.39, 0.29) is 11.4 Å². The molecule has 2 heteroatoms. The van der Waals surface area contributed by atoms with Gasteiger partial charge in [0.15, 0.2) is 0 Å². The predicted molar refractivity (Wildman–Crippen MR) is 62.9 cm³/mol. The van der Waals surface area contributed by atoms with Crippen molar-refractivity contribution in [1.82, 2.24) is 0 Å². The van der Waals surface area contributed by atoms with Crippen molar-refractivity contribution in [3.8, 4) is 0 Å². The third kappa shape index (κ3) is 3.03. The third-order valence-electron chi connectivity index (χ3n) is 2.25. The Bertz CT molecular complexity index is 318. The lowest BCUT2D eigenvalue weighted by atomic mass is 10.1. The standard InChI is InChI=1S/C12H18OS/c1-9-5-6-11(7-10(9)2)14-12(3,4)8-13/h5-7,13H,8H2,1-4H3. The van der Waals surface area contributed by atoms with Crippen molar-refractivity contribution in [2.75, 3.05) is 6.61 Å². The summed E-state index contributed by atoms with van der Waals surface area (Å²) in [6, 6.07) is 6.42. The highest BCUT2D eigenvalue weighted by Crippen LogP contribution is 2.32. The maximum Gasteiger partial charge on any atom is 0.0576 e. The lowest BCUT2D eigenvalue weighted by Crippen LogP contribution is -2.19. The number of rotatable bonds is 3. The van der Waals surface area contributed by atoms with E-state index in [1.165, 1.54) is 16.0 Å². The molecule has 1 rings (SSSR count). The van der Waals surface area contributed by atoms with Crippen molar-refractivity contribution in [3.63, 3.8) is 0 Å². The van der Waals surface area contributed by atoms with Crippen LogP contribution in [0.4, 0.5) is 0 Å². The fraction of sp³-hybridized carbons (Fsp3) is 0.500. The number of aryl methyl sites for hydroxylation is 2. The molecule has 0 aliphatic carbocycles. The third-order valence-corrected chi connectivity index (χ3v) is 3.42. The second kappa shape index (κ2) is 4.37. The summed E-state index contributed by atoms with van der Waals surface area (Å²) >= 11 is 1.72. The van der Waals surface area contributed by atoms with Crippen LogP contribution in [0.2, 0.25) is 0 Å². The molecular weight excluding hydrogens is 192 g/mol. The van der Waals surface area contributed by atoms with E-state index in [1.807, 2.05) is 13.8 Å². The maximum atomic E-state index is 9.16. The molecule has 0 bridgehead atoms. The first-order chi connectivity index (χ1) is 6.44. The van der Waals surface area contributed by atoms with Crippen LogP contribution >= 0.6 is 11.8 Å². The van der Waals surface area contributed by atoms with Gasteiger partial charge >= 0.3 is 0 Å². The van der Waals surface area contributed by atoms with E-state index in [2.05, 4.69) is 32.0 Å². The van der Waals surface area contributed by atoms with Gasteiger partial charge in [0.05, 0.1) is 6.61 Å². The SMILES string of the molecule is Cc1ccc(SC(C)(C)CO)cc1C. The molecule has 0 amide bonds. The normalized spacial score (nSPS) is 11.8. The summed E-state index contributed by atoms with van der Waals surface area (Å²) < 4.78 is -0.0955. The minimum atomic E-state index is -0.0955. The predicted octanol–water partition coefficient (Wildman–Crippen LogP) is 3.17. The molecule has 0 aliphatic rings. The Morgan fingerprint density at radius 3 is 2.36 bits per heavy atom. The number of aliphatic hydroxyl groups is 1. The molecule has 14 heavy (non-hydrogen) atoms. The zero-order valence-corrected chi connectivity index (χ0v) is 10.1. The van der Waals surface area contributed by atoms with E-state index in [0.717, 1.165) is 0 Å². The van der Waals surface area contributed by atoms with Crippen LogP contribution in [0.3, 0.4) is 0 Å². The van der Waals surface area contributed by atoms with Crippen LogP contribution in [-0.2, 0) is 0 Å². The van der Waals surface area contributed by atoms with Gasteiger partial charge in [-0.1, -0.05) is 6.07 Å². The summed E-state index contributed by atoms with van der Waals surface area (Å²) in [5.74, 6) is 0. The molecule has 0 radical (unpaired) electrons. The summed E-state index contributed by atoms with van der Waals surface area (Å²) in [5.41, 5.74) is 2.62. The molecule has 0 fully saturated rings. The van der Waals surface area contributed by atoms with Gasteiger partial charge in [0, 0.05) is 9.64 Å². The Balaban J connectivity index is 2.83. The van der Waals surface area contributed by atoms with Gasteiger partial charge in [0.2, 0.25) is 0 Å². The zero-order chi connectivity index (χ0) is 10.8. The average Bonchev–Trinajstić information content (AvgIpc) is 2.11. The van der Waals surface area contributed by atoms with Gasteiger partial charge in [0.1, 0.15) is 0 Å². The number of benzene rings is 1. The molecule has 0 aromatic heterocycles. The van der Waals surface area contributed by atoms with Gasteiger partial charge < -0.3 is 5.11 Å². The highest BCUT2D eigenvalue weighted by molar-refractivity contribution is 8.00. The smallest absolute Gasteiger partial charge is 0.0576 e. The van der Waals surface area contributed by atoms with Crippen molar-refractivity contribution in [1.29, 1.82) is 0 Å². The lowest BCUT2D eigenvalue weighted by molar-refractivity contribution is 0.265. The molecule has 0 aliphatic heterocycles. The maximum absolute atomic E-state index is 9.16. The van der Waals surface area contributed by atoms with Crippen LogP contribution in [0, 0.1) is 13.8 Å². The molecule has 1 aromatic rings. The average molecular weight is 210 g/mol. The minimum Gasteiger partial charge on any atom is -0.395 e. The van der Waals surface area contributed by atoms with E-state index in [1.54, 1.807) is 11.8 Å². The van der Waals surface area contributed by atoms with E-state index in [0.29, 0.717) is 0 Å². The van der Waals surface area contributed by atoms with Crippen LogP contribution < -0.4 is 0 Å². The summed E-state index contributed by atoms with van der Waals surface area (Å²) in [6.45, 7) is 8.52. The highest BCUT2D eigenvalue weighted by atomic mass is 32.2. The number of hydrogen-bond acceptors (Lipinski definition) is 2. The first-order valence-electron chi connectivity index (χ1n) is 4.82. The second-order valence-corrected chi connectivity index (χ2v) is 6.05. The van der Waals surface area contributed by atoms with E-state index < -0.39 is 0 Å². The van der Waals surface area contributed by atoms with E-state index in [9.17, 15) is 0 Å². The quantitative estimate of drug-likeness (QED) is 0.773. The Kier molecular flexibility index (Phi) is 3.62. The van der Waals surface area contributed by atoms with Crippen LogP contribution in [0.1, 0.15) is 25.0 Å². The monoisotopic (exact) mass is 210 g/mol. The molecular formula is C12H18OS. The number of thioether (sulfide) groups is 1. The highest BCUT2D eigenvalue weighted by Gasteiger charge is 2.17. The molecule has 0 heterocycles. The zero-order valence-electron chi connectivity index (χ0n) is 9.29. The summed E-state index contributed by atoms with van der Waals surface area (Å²) in [7, 11) is 0. The Morgan fingerprint density at radius 1 is 1.21 bits per heavy atom. The van der Waals surface area contributed by atoms with Crippen LogP contribution in [0.15, 0.2) is 23.1 Å². The number of aliphatic hydroxyl groups excluding tert-OH is 1. The Labute approximate surface area is 90.5 Å². The van der Waals surface area contributed by atoms with Crippen LogP contribution in [-0.4, -0.2) is 16.5 Å². The fourth-order valence-electron chi connectivity index (χ4n) is 1.13. The molecule has 0 spiro atoms. The molecule has 0 unspecified atom stereocenters. The van der Waals surface area contributed by atoms with Gasteiger partial charge in [-0.2, -0.15) is 0 Å². The van der Waals surface area contributed by atoms with Crippen molar-refractivity contribution < 1.29 is 5.11 Å². The second-order valence-electron chi connectivity index (χ2n) is 4.27. The molecule has 1 nitrogen and oxygen atoms in total. The van der Waals surface area contributed by atoms with Gasteiger partial charge in [-0.05, 0) is 51.0 Å². The summed E-state index contributed by atoms with van der Waals surface area (Å²) in [6.07, 6.45) is 0. The first-order valence-corrected chi connectivity index (χ1v) is 5.63. The van der Waals surface area contributed by atoms with Gasteiger partial charge in [-0.3, -0.25) is 0 Å². The number of hydrogen-bond donors (Lipinski definition) is 1. The van der Waals surface area contributed by atoms with Crippen molar-refractivity contribution >= 4 is 11.8 Å². The van der Waals surface area contributed by atoms with Crippen molar-refractivity contribution in [3.05, 3.63) is 29.3 Å². The topological polar surface area (TPSA) is 20.2 Å². The summed E-state index contributed by atoms with van der Waals surface area (Å²) in [4.78, 5) is 1.23. The molecule has 1 aromatic carbocycles. The molecule has 78 valence electrons. The Hall–Kier alpha value is -0.470. The van der Waals surface area contributed by atoms with E-state index >= 15 is 0 Å². The van der Waals surface area contributed by atoms with Gasteiger partial charge in [-0.25, -0.2) is 0 Å².